The van der Waals surface area contributed by atoms with Crippen LogP contribution in [0, 0.1) is 11.8 Å². The van der Waals surface area contributed by atoms with E-state index in [1.54, 1.807) is 26.0 Å². The van der Waals surface area contributed by atoms with E-state index in [-0.39, 0.29) is 99.0 Å². The molecule has 0 aromatic heterocycles. The maximum absolute atomic E-state index is 14.1. The highest BCUT2D eigenvalue weighted by atomic mass is 32.1. The lowest BCUT2D eigenvalue weighted by Gasteiger charge is -2.27. The van der Waals surface area contributed by atoms with Crippen LogP contribution in [0.25, 0.3) is 0 Å². The van der Waals surface area contributed by atoms with Gasteiger partial charge in [-0.2, -0.15) is 25.3 Å². The van der Waals surface area contributed by atoms with Crippen LogP contribution < -0.4 is 81.8 Å². The lowest BCUT2D eigenvalue weighted by molar-refractivity contribution is -0.135. The van der Waals surface area contributed by atoms with Gasteiger partial charge < -0.3 is 86.9 Å². The highest BCUT2D eigenvalue weighted by Crippen LogP contribution is 2.14. The molecule has 0 aliphatic rings. The van der Waals surface area contributed by atoms with Crippen LogP contribution in [0.2, 0.25) is 0 Å². The van der Waals surface area contributed by atoms with Crippen molar-refractivity contribution < 1.29 is 53.1 Å². The molecule has 0 fully saturated rings. The summed E-state index contributed by atoms with van der Waals surface area (Å²) in [6.07, 6.45) is 5.30. The lowest BCUT2D eigenvalue weighted by atomic mass is 10.00. The maximum atomic E-state index is 14.1. The van der Waals surface area contributed by atoms with Crippen molar-refractivity contribution in [3.05, 3.63) is 29.8 Å². The lowest BCUT2D eigenvalue weighted by Crippen LogP contribution is -2.59. The van der Waals surface area contributed by atoms with Gasteiger partial charge in [-0.15, -0.1) is 0 Å². The molecule has 0 aliphatic heterocycles. The zero-order valence-electron chi connectivity index (χ0n) is 50.0. The van der Waals surface area contributed by atoms with Gasteiger partial charge in [0, 0.05) is 56.9 Å². The summed E-state index contributed by atoms with van der Waals surface area (Å²) in [5.74, 6) is -6.65. The van der Waals surface area contributed by atoms with Crippen LogP contribution in [0.4, 0.5) is 0 Å². The van der Waals surface area contributed by atoms with Crippen molar-refractivity contribution in [3.8, 4) is 5.75 Å². The molecule has 10 amide bonds. The molecule has 1 aromatic carbocycles. The molecule has 0 saturated heterocycles. The number of aliphatic imine (C=N–C) groups is 2. The van der Waals surface area contributed by atoms with E-state index in [9.17, 15) is 53.1 Å². The molecule has 30 heteroatoms. The molecule has 7 atom stereocenters. The standard InChI is InChI=1S/C55H97N17O11S2/c1-6-7-15-38(69-52(82)42(32-85)68-44(75)18-9-11-26-64-54(57)58)50(80)70-39(28-33(2)3)49(79)66-30-45(76)67-37(16-14-27-65-55(59)60)51(81)72-46(34(4)5)53(83)71-40(29-35-19-21-36(73)22-20-35)48(78)63-25-10-8-17-43(74)62-24-13-12-23-61-41(31-84)47(56)77/h19-22,33-34,37-42,46,61,73,84-85H,6-18,23-32H2,1-5H3,(H2,56,77)(H,62,74)(H,63,78)(H,66,79)(H,67,76)(H,68,75)(H,69,82)(H,70,80)(H,71,83)(H,72,81)(H4,57,58,64)(H4,59,60,65)/t37-,38-,39-,40-,41-,42-,46-/m0/s1. The minimum Gasteiger partial charge on any atom is -0.508 e. The summed E-state index contributed by atoms with van der Waals surface area (Å²) in [7, 11) is 0. The number of rotatable bonds is 45. The number of benzene rings is 1. The molecule has 1 aromatic rings. The van der Waals surface area contributed by atoms with E-state index >= 15 is 0 Å². The molecule has 0 heterocycles. The van der Waals surface area contributed by atoms with E-state index in [4.69, 9.17) is 28.7 Å². The van der Waals surface area contributed by atoms with Gasteiger partial charge in [0.05, 0.1) is 12.6 Å². The van der Waals surface area contributed by atoms with E-state index < -0.39 is 108 Å². The van der Waals surface area contributed by atoms with Crippen molar-refractivity contribution in [2.75, 3.05) is 50.8 Å². The number of hydrogen-bond acceptors (Lipinski definition) is 16. The van der Waals surface area contributed by atoms with Crippen LogP contribution in [0.1, 0.15) is 130 Å². The average molecular weight is 1240 g/mol. The Labute approximate surface area is 510 Å². The molecule has 0 unspecified atom stereocenters. The van der Waals surface area contributed by atoms with Gasteiger partial charge in [0.2, 0.25) is 59.1 Å². The third-order valence-corrected chi connectivity index (χ3v) is 13.7. The minimum atomic E-state index is -1.29. The highest BCUT2D eigenvalue weighted by Gasteiger charge is 2.33. The predicted octanol–water partition coefficient (Wildman–Crippen LogP) is -2.16. The molecule has 28 nitrogen and oxygen atoms in total. The van der Waals surface area contributed by atoms with Crippen molar-refractivity contribution in [2.24, 2.45) is 50.5 Å². The topological polar surface area (TPSA) is 466 Å². The first-order chi connectivity index (χ1) is 40.3. The number of unbranched alkanes of at least 4 members (excludes halogenated alkanes) is 4. The summed E-state index contributed by atoms with van der Waals surface area (Å²) in [6, 6.07) is -1.47. The molecular formula is C55H97N17O11S2. The number of nitrogens with zero attached hydrogens (tertiary/aromatic N) is 2. The van der Waals surface area contributed by atoms with Crippen LogP contribution in [-0.4, -0.2) is 169 Å². The molecule has 480 valence electrons. The zero-order chi connectivity index (χ0) is 63.9. The van der Waals surface area contributed by atoms with Gasteiger partial charge in [0.1, 0.15) is 42.0 Å². The number of carbonyl (C=O) groups is 10. The summed E-state index contributed by atoms with van der Waals surface area (Å²) < 4.78 is 0. The third kappa shape index (κ3) is 34.5. The fraction of sp³-hybridized carbons (Fsp3) is 0.673. The number of aromatic hydroxyl groups is 1. The Morgan fingerprint density at radius 1 is 0.506 bits per heavy atom. The van der Waals surface area contributed by atoms with Gasteiger partial charge in [-0.25, -0.2) is 0 Å². The number of nitrogens with one attached hydrogen (secondary N) is 10. The molecular weight excluding hydrogens is 1140 g/mol. The number of phenols is 1. The molecule has 0 saturated carbocycles. The van der Waals surface area contributed by atoms with Gasteiger partial charge in [-0.05, 0) is 100 Å². The predicted molar refractivity (Wildman–Crippen MR) is 332 cm³/mol. The van der Waals surface area contributed by atoms with Crippen molar-refractivity contribution in [1.82, 2.24) is 53.2 Å². The molecule has 0 radical (unpaired) electrons. The van der Waals surface area contributed by atoms with Crippen LogP contribution in [0.15, 0.2) is 34.3 Å². The van der Waals surface area contributed by atoms with Crippen LogP contribution in [0.5, 0.6) is 5.75 Å². The van der Waals surface area contributed by atoms with E-state index in [0.29, 0.717) is 76.6 Å². The number of hydrogen-bond donors (Lipinski definition) is 18. The van der Waals surface area contributed by atoms with Crippen molar-refractivity contribution in [3.63, 3.8) is 0 Å². The van der Waals surface area contributed by atoms with E-state index in [1.807, 2.05) is 20.8 Å². The first-order valence-electron chi connectivity index (χ1n) is 29.1. The average Bonchev–Trinajstić information content (AvgIpc) is 3.56. The van der Waals surface area contributed by atoms with Gasteiger partial charge in [0.15, 0.2) is 11.9 Å². The Bertz CT molecular complexity index is 2320. The molecule has 0 aliphatic carbocycles. The molecule has 85 heavy (non-hydrogen) atoms. The fourth-order valence-electron chi connectivity index (χ4n) is 8.27. The monoisotopic (exact) mass is 1240 g/mol. The summed E-state index contributed by atoms with van der Waals surface area (Å²) >= 11 is 8.35. The largest absolute Gasteiger partial charge is 0.508 e. The summed E-state index contributed by atoms with van der Waals surface area (Å²) in [5.41, 5.74) is 27.6. The third-order valence-electron chi connectivity index (χ3n) is 13.0. The second-order valence-electron chi connectivity index (χ2n) is 21.3. The maximum Gasteiger partial charge on any atom is 0.244 e. The number of primary amides is 1. The zero-order valence-corrected chi connectivity index (χ0v) is 51.8. The highest BCUT2D eigenvalue weighted by molar-refractivity contribution is 7.80. The number of guanidine groups is 2. The Balaban J connectivity index is 3.13. The minimum absolute atomic E-state index is 0.00269. The van der Waals surface area contributed by atoms with Crippen LogP contribution in [0.3, 0.4) is 0 Å². The normalized spacial score (nSPS) is 13.5. The number of amides is 10. The molecule has 21 N–H and O–H groups in total. The smallest absolute Gasteiger partial charge is 0.244 e. The van der Waals surface area contributed by atoms with Crippen LogP contribution in [-0.2, 0) is 54.4 Å². The first kappa shape index (κ1) is 75.9. The SMILES string of the molecule is CCCC[C@H](NC(=O)[C@H](CS)NC(=O)CCCCN=C(N)N)C(=O)N[C@@H](CC(C)C)C(=O)NCC(=O)N[C@@H](CCCN=C(N)N)C(=O)N[C@H](C(=O)N[C@@H](Cc1ccc(O)cc1)C(=O)NCCCCC(=O)NCCCCN[C@@H](CS)C(N)=O)C(C)C. The number of carbonyl (C=O) groups excluding carboxylic acids is 10. The summed E-state index contributed by atoms with van der Waals surface area (Å²) in [5, 5.41) is 37.3. The fourth-order valence-corrected chi connectivity index (χ4v) is 8.84. The van der Waals surface area contributed by atoms with Crippen molar-refractivity contribution >= 4 is 96.2 Å². The summed E-state index contributed by atoms with van der Waals surface area (Å²) in [4.78, 5) is 141. The van der Waals surface area contributed by atoms with Crippen LogP contribution >= 0.6 is 25.3 Å². The molecule has 0 bridgehead atoms. The van der Waals surface area contributed by atoms with E-state index in [2.05, 4.69) is 88.4 Å². The van der Waals surface area contributed by atoms with Gasteiger partial charge in [-0.3, -0.25) is 57.9 Å². The first-order valence-corrected chi connectivity index (χ1v) is 30.3. The number of phenolic OH excluding ortho intramolecular Hbond substituents is 1. The Morgan fingerprint density at radius 2 is 1.01 bits per heavy atom. The number of nitrogens with two attached hydrogens (primary N) is 5. The second kappa shape index (κ2) is 43.5. The van der Waals surface area contributed by atoms with Gasteiger partial charge in [-0.1, -0.05) is 59.6 Å². The van der Waals surface area contributed by atoms with Crippen molar-refractivity contribution in [1.29, 1.82) is 0 Å². The quantitative estimate of drug-likeness (QED) is 0.0143. The Kier molecular flexibility index (Phi) is 38.9. The van der Waals surface area contributed by atoms with E-state index in [0.717, 1.165) is 0 Å². The van der Waals surface area contributed by atoms with E-state index in [1.165, 1.54) is 12.1 Å². The Hall–Kier alpha value is -7.08. The van der Waals surface area contributed by atoms with Crippen molar-refractivity contribution in [2.45, 2.75) is 173 Å². The second-order valence-corrected chi connectivity index (χ2v) is 22.0. The molecule has 1 rings (SSSR count). The van der Waals surface area contributed by atoms with Gasteiger partial charge >= 0.3 is 0 Å². The number of thiol groups is 2. The molecule has 0 spiro atoms. The summed E-state index contributed by atoms with van der Waals surface area (Å²) in [6.45, 7) is 9.84. The van der Waals surface area contributed by atoms with Gasteiger partial charge in [0.25, 0.3) is 0 Å². The Morgan fingerprint density at radius 3 is 1.61 bits per heavy atom.